The van der Waals surface area contributed by atoms with E-state index in [2.05, 4.69) is 45.9 Å². The molecule has 0 aliphatic heterocycles. The van der Waals surface area contributed by atoms with E-state index in [0.29, 0.717) is 0 Å². The molecule has 1 fully saturated rings. The minimum atomic E-state index is -0.104. The van der Waals surface area contributed by atoms with Gasteiger partial charge in [-0.15, -0.1) is 0 Å². The minimum absolute atomic E-state index is 0.104. The van der Waals surface area contributed by atoms with Crippen LogP contribution in [0, 0.1) is 13.8 Å². The molecule has 0 aromatic heterocycles. The molecule has 0 atom stereocenters. The lowest BCUT2D eigenvalue weighted by Crippen LogP contribution is -2.45. The topological polar surface area (TPSA) is 26.0 Å². The van der Waals surface area contributed by atoms with Gasteiger partial charge in [0.05, 0.1) is 0 Å². The number of hydrogen-bond acceptors (Lipinski definition) is 1. The summed E-state index contributed by atoms with van der Waals surface area (Å²) in [5, 5.41) is 0. The third kappa shape index (κ3) is 1.59. The second-order valence-corrected chi connectivity index (χ2v) is 5.62. The molecule has 1 aromatic rings. The van der Waals surface area contributed by atoms with E-state index < -0.39 is 0 Å². The maximum absolute atomic E-state index is 6.31. The lowest BCUT2D eigenvalue weighted by molar-refractivity contribution is 0.390. The number of benzene rings is 1. The van der Waals surface area contributed by atoms with Crippen molar-refractivity contribution in [2.24, 2.45) is 5.73 Å². The molecule has 1 aliphatic rings. The maximum Gasteiger partial charge on any atom is 0.0195 e. The Morgan fingerprint density at radius 2 is 1.80 bits per heavy atom. The van der Waals surface area contributed by atoms with E-state index >= 15 is 0 Å². The molecule has 0 radical (unpaired) electrons. The van der Waals surface area contributed by atoms with Crippen molar-refractivity contribution >= 4 is 0 Å². The largest absolute Gasteiger partial charge is 0.325 e. The lowest BCUT2D eigenvalue weighted by Gasteiger charge is -2.32. The molecule has 0 amide bonds. The summed E-state index contributed by atoms with van der Waals surface area (Å²) in [6, 6.07) is 6.74. The summed E-state index contributed by atoms with van der Waals surface area (Å²) >= 11 is 0. The van der Waals surface area contributed by atoms with Crippen molar-refractivity contribution < 1.29 is 0 Å². The fraction of sp³-hybridized carbons (Fsp3) is 0.571. The molecule has 1 aliphatic carbocycles. The Balaban J connectivity index is 2.47. The van der Waals surface area contributed by atoms with Gasteiger partial charge in [0.25, 0.3) is 0 Å². The van der Waals surface area contributed by atoms with Gasteiger partial charge in [-0.25, -0.2) is 0 Å². The average Bonchev–Trinajstić information content (AvgIpc) is 2.83. The molecule has 0 saturated heterocycles. The predicted molar refractivity (Wildman–Crippen MR) is 65.1 cm³/mol. The van der Waals surface area contributed by atoms with Gasteiger partial charge in [-0.1, -0.05) is 23.8 Å². The fourth-order valence-electron chi connectivity index (χ4n) is 2.74. The third-order valence-corrected chi connectivity index (χ3v) is 3.88. The molecule has 1 heteroatoms. The standard InChI is InChI=1S/C14H21N/c1-10-5-6-12(11(2)9-10)14(7-8-14)13(3,4)15/h5-6,9H,7-8,15H2,1-4H3. The molecule has 15 heavy (non-hydrogen) atoms. The van der Waals surface area contributed by atoms with Crippen molar-refractivity contribution in [1.29, 1.82) is 0 Å². The third-order valence-electron chi connectivity index (χ3n) is 3.88. The summed E-state index contributed by atoms with van der Waals surface area (Å²) in [6.45, 7) is 8.65. The quantitative estimate of drug-likeness (QED) is 0.785. The van der Waals surface area contributed by atoms with Crippen LogP contribution in [-0.2, 0) is 5.41 Å². The normalized spacial score (nSPS) is 19.0. The first-order valence-corrected chi connectivity index (χ1v) is 5.73. The highest BCUT2D eigenvalue weighted by Crippen LogP contribution is 2.55. The molecular weight excluding hydrogens is 182 g/mol. The molecule has 82 valence electrons. The van der Waals surface area contributed by atoms with Gasteiger partial charge in [-0.2, -0.15) is 0 Å². The highest BCUT2D eigenvalue weighted by atomic mass is 14.8. The molecule has 2 N–H and O–H groups in total. The summed E-state index contributed by atoms with van der Waals surface area (Å²) in [5.41, 5.74) is 10.6. The second-order valence-electron chi connectivity index (χ2n) is 5.62. The highest BCUT2D eigenvalue weighted by molar-refractivity contribution is 5.43. The summed E-state index contributed by atoms with van der Waals surface area (Å²) in [4.78, 5) is 0. The average molecular weight is 203 g/mol. The van der Waals surface area contributed by atoms with E-state index in [4.69, 9.17) is 5.73 Å². The Hall–Kier alpha value is -0.820. The Morgan fingerprint density at radius 3 is 2.20 bits per heavy atom. The van der Waals surface area contributed by atoms with Crippen LogP contribution in [-0.4, -0.2) is 5.54 Å². The van der Waals surface area contributed by atoms with Gasteiger partial charge >= 0.3 is 0 Å². The van der Waals surface area contributed by atoms with E-state index in [-0.39, 0.29) is 11.0 Å². The molecule has 0 spiro atoms. The second kappa shape index (κ2) is 3.08. The highest BCUT2D eigenvalue weighted by Gasteiger charge is 2.54. The van der Waals surface area contributed by atoms with Gasteiger partial charge < -0.3 is 5.73 Å². The number of rotatable bonds is 2. The summed E-state index contributed by atoms with van der Waals surface area (Å²) < 4.78 is 0. The van der Waals surface area contributed by atoms with Crippen molar-refractivity contribution in [1.82, 2.24) is 0 Å². The molecule has 1 saturated carbocycles. The van der Waals surface area contributed by atoms with Gasteiger partial charge in [0.1, 0.15) is 0 Å². The molecule has 1 aromatic carbocycles. The van der Waals surface area contributed by atoms with Crippen LogP contribution in [0.4, 0.5) is 0 Å². The van der Waals surface area contributed by atoms with Crippen molar-refractivity contribution in [3.8, 4) is 0 Å². The summed E-state index contributed by atoms with van der Waals surface area (Å²) in [7, 11) is 0. The minimum Gasteiger partial charge on any atom is -0.325 e. The number of aryl methyl sites for hydroxylation is 2. The Morgan fingerprint density at radius 1 is 1.20 bits per heavy atom. The van der Waals surface area contributed by atoms with Crippen LogP contribution in [0.5, 0.6) is 0 Å². The molecule has 0 unspecified atom stereocenters. The zero-order valence-corrected chi connectivity index (χ0v) is 10.2. The van der Waals surface area contributed by atoms with Crippen LogP contribution in [0.25, 0.3) is 0 Å². The SMILES string of the molecule is Cc1ccc(C2(C(C)(C)N)CC2)c(C)c1. The van der Waals surface area contributed by atoms with Gasteiger partial charge in [0.15, 0.2) is 0 Å². The number of hydrogen-bond donors (Lipinski definition) is 1. The zero-order chi connectivity index (χ0) is 11.3. The summed E-state index contributed by atoms with van der Waals surface area (Å²) in [6.07, 6.45) is 2.47. The van der Waals surface area contributed by atoms with E-state index in [1.165, 1.54) is 29.5 Å². The van der Waals surface area contributed by atoms with Crippen molar-refractivity contribution in [3.63, 3.8) is 0 Å². The van der Waals surface area contributed by atoms with Crippen molar-refractivity contribution in [3.05, 3.63) is 34.9 Å². The van der Waals surface area contributed by atoms with Gasteiger partial charge in [0.2, 0.25) is 0 Å². The lowest BCUT2D eigenvalue weighted by atomic mass is 9.77. The Kier molecular flexibility index (Phi) is 2.20. The summed E-state index contributed by atoms with van der Waals surface area (Å²) in [5.74, 6) is 0. The predicted octanol–water partition coefficient (Wildman–Crippen LogP) is 3.07. The molecule has 0 bridgehead atoms. The van der Waals surface area contributed by atoms with E-state index in [1.807, 2.05) is 0 Å². The fourth-order valence-corrected chi connectivity index (χ4v) is 2.74. The van der Waals surface area contributed by atoms with Crippen molar-refractivity contribution in [2.45, 2.75) is 51.5 Å². The van der Waals surface area contributed by atoms with Crippen LogP contribution in [0.15, 0.2) is 18.2 Å². The maximum atomic E-state index is 6.31. The van der Waals surface area contributed by atoms with Gasteiger partial charge in [-0.05, 0) is 51.7 Å². The monoisotopic (exact) mass is 203 g/mol. The number of nitrogens with two attached hydrogens (primary N) is 1. The first-order chi connectivity index (χ1) is 6.87. The van der Waals surface area contributed by atoms with Crippen LogP contribution >= 0.6 is 0 Å². The van der Waals surface area contributed by atoms with Crippen LogP contribution in [0.2, 0.25) is 0 Å². The smallest absolute Gasteiger partial charge is 0.0195 e. The first-order valence-electron chi connectivity index (χ1n) is 5.73. The first kappa shape index (κ1) is 10.7. The Bertz CT molecular complexity index is 381. The molecule has 1 nitrogen and oxygen atoms in total. The molecule has 2 rings (SSSR count). The van der Waals surface area contributed by atoms with E-state index in [1.54, 1.807) is 0 Å². The van der Waals surface area contributed by atoms with Gasteiger partial charge in [0, 0.05) is 11.0 Å². The van der Waals surface area contributed by atoms with Crippen molar-refractivity contribution in [2.75, 3.05) is 0 Å². The molecular formula is C14H21N. The van der Waals surface area contributed by atoms with E-state index in [0.717, 1.165) is 0 Å². The van der Waals surface area contributed by atoms with E-state index in [9.17, 15) is 0 Å². The molecule has 0 heterocycles. The van der Waals surface area contributed by atoms with Crippen LogP contribution in [0.3, 0.4) is 0 Å². The zero-order valence-electron chi connectivity index (χ0n) is 10.2. The Labute approximate surface area is 92.7 Å². The van der Waals surface area contributed by atoms with Gasteiger partial charge in [-0.3, -0.25) is 0 Å². The van der Waals surface area contributed by atoms with Crippen LogP contribution in [0.1, 0.15) is 43.4 Å². The van der Waals surface area contributed by atoms with Crippen LogP contribution < -0.4 is 5.73 Å².